The highest BCUT2D eigenvalue weighted by atomic mass is 35.5. The van der Waals surface area contributed by atoms with E-state index < -0.39 is 0 Å². The largest absolute Gasteiger partial charge is 0.497 e. The van der Waals surface area contributed by atoms with Crippen LogP contribution in [-0.4, -0.2) is 28.8 Å². The summed E-state index contributed by atoms with van der Waals surface area (Å²) in [7, 11) is 3.09. The summed E-state index contributed by atoms with van der Waals surface area (Å²) >= 11 is 6.52. The van der Waals surface area contributed by atoms with E-state index >= 15 is 0 Å². The summed E-state index contributed by atoms with van der Waals surface area (Å²) in [5, 5.41) is 2.14. The summed E-state index contributed by atoms with van der Waals surface area (Å²) < 4.78 is 12.4. The number of rotatable bonds is 4. The van der Waals surface area contributed by atoms with Gasteiger partial charge in [0.15, 0.2) is 0 Å². The van der Waals surface area contributed by atoms with Crippen LogP contribution in [-0.2, 0) is 6.54 Å². The van der Waals surface area contributed by atoms with Crippen LogP contribution in [0.3, 0.4) is 0 Å². The molecule has 0 aliphatic rings. The zero-order valence-corrected chi connectivity index (χ0v) is 15.9. The van der Waals surface area contributed by atoms with Gasteiger partial charge in [0, 0.05) is 46.9 Å². The highest BCUT2D eigenvalue weighted by Crippen LogP contribution is 2.39. The van der Waals surface area contributed by atoms with Crippen LogP contribution in [0, 0.1) is 0 Å². The Kier molecular flexibility index (Phi) is 4.28. The quantitative estimate of drug-likeness (QED) is 0.572. The van der Waals surface area contributed by atoms with Crippen LogP contribution in [0.4, 0.5) is 0 Å². The van der Waals surface area contributed by atoms with Crippen molar-refractivity contribution >= 4 is 33.5 Å². The zero-order valence-electron chi connectivity index (χ0n) is 15.2. The van der Waals surface area contributed by atoms with Gasteiger partial charge in [-0.3, -0.25) is 4.79 Å². The molecule has 1 N–H and O–H groups in total. The Morgan fingerprint density at radius 2 is 2.00 bits per heavy atom. The first-order valence-electron chi connectivity index (χ1n) is 8.50. The van der Waals surface area contributed by atoms with E-state index in [9.17, 15) is 4.79 Å². The predicted molar refractivity (Wildman–Crippen MR) is 107 cm³/mol. The first-order valence-corrected chi connectivity index (χ1v) is 8.88. The lowest BCUT2D eigenvalue weighted by molar-refractivity contribution is 0.395. The summed E-state index contributed by atoms with van der Waals surface area (Å²) in [6.07, 6.45) is 3.58. The Labute approximate surface area is 160 Å². The molecule has 27 heavy (non-hydrogen) atoms. The summed E-state index contributed by atoms with van der Waals surface area (Å²) in [5.41, 5.74) is 2.51. The van der Waals surface area contributed by atoms with Gasteiger partial charge in [-0.2, -0.15) is 0 Å². The van der Waals surface area contributed by atoms with Crippen molar-refractivity contribution < 1.29 is 9.47 Å². The summed E-state index contributed by atoms with van der Waals surface area (Å²) in [6.45, 7) is 2.46. The topological polar surface area (TPSA) is 69.1 Å². The molecule has 0 radical (unpaired) electrons. The van der Waals surface area contributed by atoms with Crippen LogP contribution in [0.1, 0.15) is 6.92 Å². The van der Waals surface area contributed by atoms with E-state index in [1.807, 2.05) is 25.3 Å². The molecule has 7 heteroatoms. The van der Waals surface area contributed by atoms with Crippen molar-refractivity contribution in [2.75, 3.05) is 14.2 Å². The molecule has 0 unspecified atom stereocenters. The lowest BCUT2D eigenvalue weighted by atomic mass is 10.0. The minimum Gasteiger partial charge on any atom is -0.497 e. The average molecular weight is 384 g/mol. The molecule has 0 atom stereocenters. The van der Waals surface area contributed by atoms with Gasteiger partial charge in [-0.1, -0.05) is 11.6 Å². The van der Waals surface area contributed by atoms with Gasteiger partial charge in [0.25, 0.3) is 5.56 Å². The van der Waals surface area contributed by atoms with E-state index in [0.29, 0.717) is 34.2 Å². The SMILES string of the molecule is CCn1c(=O)c(-c2cc(OC)cc(OC)c2Cl)cc2cnc3[nH]ccc3c21. The molecule has 0 saturated carbocycles. The van der Waals surface area contributed by atoms with E-state index in [-0.39, 0.29) is 5.56 Å². The third-order valence-electron chi connectivity index (χ3n) is 4.71. The Hall–Kier alpha value is -2.99. The molecule has 138 valence electrons. The van der Waals surface area contributed by atoms with Crippen LogP contribution in [0.15, 0.2) is 41.5 Å². The number of H-pyrrole nitrogens is 1. The highest BCUT2D eigenvalue weighted by Gasteiger charge is 2.18. The minimum atomic E-state index is -0.129. The minimum absolute atomic E-state index is 0.129. The van der Waals surface area contributed by atoms with Gasteiger partial charge in [0.05, 0.1) is 24.8 Å². The number of hydrogen-bond donors (Lipinski definition) is 1. The molecule has 4 rings (SSSR count). The molecular weight excluding hydrogens is 366 g/mol. The smallest absolute Gasteiger partial charge is 0.258 e. The number of nitrogens with one attached hydrogen (secondary N) is 1. The fourth-order valence-corrected chi connectivity index (χ4v) is 3.70. The molecule has 3 heterocycles. The van der Waals surface area contributed by atoms with Gasteiger partial charge in [-0.05, 0) is 25.1 Å². The Morgan fingerprint density at radius 1 is 1.19 bits per heavy atom. The van der Waals surface area contributed by atoms with Crippen molar-refractivity contribution in [3.63, 3.8) is 0 Å². The van der Waals surface area contributed by atoms with Crippen molar-refractivity contribution in [1.82, 2.24) is 14.5 Å². The van der Waals surface area contributed by atoms with Crippen LogP contribution < -0.4 is 15.0 Å². The third-order valence-corrected chi connectivity index (χ3v) is 5.10. The second-order valence-corrected chi connectivity index (χ2v) is 6.48. The highest BCUT2D eigenvalue weighted by molar-refractivity contribution is 6.35. The molecule has 0 saturated heterocycles. The number of aromatic amines is 1. The average Bonchev–Trinajstić information content (AvgIpc) is 3.17. The number of aromatic nitrogens is 3. The normalized spacial score (nSPS) is 11.3. The zero-order chi connectivity index (χ0) is 19.1. The standard InChI is InChI=1S/C20H18ClN3O3/c1-4-24-18-11(10-23-19-13(18)5-6-22-19)7-15(20(24)25)14-8-12(26-2)9-16(27-3)17(14)21/h5-10H,4H2,1-3H3,(H,22,23). The van der Waals surface area contributed by atoms with E-state index in [1.54, 1.807) is 30.0 Å². The van der Waals surface area contributed by atoms with Gasteiger partial charge in [-0.25, -0.2) is 4.98 Å². The number of nitrogens with zero attached hydrogens (tertiary/aromatic N) is 2. The number of ether oxygens (including phenoxy) is 2. The Balaban J connectivity index is 2.11. The van der Waals surface area contributed by atoms with Crippen molar-refractivity contribution in [2.45, 2.75) is 13.5 Å². The van der Waals surface area contributed by atoms with Gasteiger partial charge in [0.1, 0.15) is 17.1 Å². The number of pyridine rings is 2. The summed E-state index contributed by atoms with van der Waals surface area (Å²) in [5.74, 6) is 1.01. The molecular formula is C20H18ClN3O3. The molecule has 1 aromatic carbocycles. The van der Waals surface area contributed by atoms with E-state index in [2.05, 4.69) is 9.97 Å². The first-order chi connectivity index (χ1) is 13.1. The third kappa shape index (κ3) is 2.64. The van der Waals surface area contributed by atoms with E-state index in [4.69, 9.17) is 21.1 Å². The predicted octanol–water partition coefficient (Wildman–Crippen LogP) is 4.24. The fraction of sp³-hybridized carbons (Fsp3) is 0.200. The van der Waals surface area contributed by atoms with Gasteiger partial charge >= 0.3 is 0 Å². The molecule has 0 aliphatic carbocycles. The van der Waals surface area contributed by atoms with Crippen LogP contribution >= 0.6 is 11.6 Å². The fourth-order valence-electron chi connectivity index (χ4n) is 3.41. The van der Waals surface area contributed by atoms with Crippen molar-refractivity contribution in [2.24, 2.45) is 0 Å². The van der Waals surface area contributed by atoms with Crippen molar-refractivity contribution in [3.05, 3.63) is 52.0 Å². The molecule has 6 nitrogen and oxygen atoms in total. The molecule has 0 fully saturated rings. The lowest BCUT2D eigenvalue weighted by Gasteiger charge is -2.15. The Morgan fingerprint density at radius 3 is 2.70 bits per heavy atom. The van der Waals surface area contributed by atoms with E-state index in [0.717, 1.165) is 21.9 Å². The number of aryl methyl sites for hydroxylation is 1. The molecule has 3 aromatic heterocycles. The summed E-state index contributed by atoms with van der Waals surface area (Å²) in [6, 6.07) is 7.19. The van der Waals surface area contributed by atoms with Gasteiger partial charge < -0.3 is 19.0 Å². The number of hydrogen-bond acceptors (Lipinski definition) is 4. The van der Waals surface area contributed by atoms with E-state index in [1.165, 1.54) is 7.11 Å². The second-order valence-electron chi connectivity index (χ2n) is 6.10. The second kappa shape index (κ2) is 6.63. The lowest BCUT2D eigenvalue weighted by Crippen LogP contribution is -2.21. The number of fused-ring (bicyclic) bond motifs is 3. The molecule has 0 aliphatic heterocycles. The van der Waals surface area contributed by atoms with Crippen LogP contribution in [0.2, 0.25) is 5.02 Å². The van der Waals surface area contributed by atoms with Crippen molar-refractivity contribution in [3.8, 4) is 22.6 Å². The number of methoxy groups -OCH3 is 2. The molecule has 0 bridgehead atoms. The molecule has 0 amide bonds. The number of halogens is 1. The first kappa shape index (κ1) is 17.4. The van der Waals surface area contributed by atoms with Gasteiger partial charge in [0.2, 0.25) is 0 Å². The number of benzene rings is 1. The molecule has 4 aromatic rings. The monoisotopic (exact) mass is 383 g/mol. The maximum absolute atomic E-state index is 13.3. The Bertz CT molecular complexity index is 1230. The maximum Gasteiger partial charge on any atom is 0.258 e. The summed E-state index contributed by atoms with van der Waals surface area (Å²) in [4.78, 5) is 20.9. The molecule has 0 spiro atoms. The van der Waals surface area contributed by atoms with Crippen LogP contribution in [0.25, 0.3) is 33.1 Å². The van der Waals surface area contributed by atoms with Gasteiger partial charge in [-0.15, -0.1) is 0 Å². The van der Waals surface area contributed by atoms with Crippen molar-refractivity contribution in [1.29, 1.82) is 0 Å². The van der Waals surface area contributed by atoms with Crippen LogP contribution in [0.5, 0.6) is 11.5 Å². The maximum atomic E-state index is 13.3.